The maximum Gasteiger partial charge on any atom is 0.227 e. The zero-order chi connectivity index (χ0) is 17.8. The minimum Gasteiger partial charge on any atom is -0.378 e. The lowest BCUT2D eigenvalue weighted by molar-refractivity contribution is -0.141. The van der Waals surface area contributed by atoms with E-state index in [1.807, 2.05) is 24.0 Å². The first-order valence-electron chi connectivity index (χ1n) is 8.98. The molecule has 0 aromatic heterocycles. The molecule has 2 amide bonds. The molecular formula is C19H25ClN2O3. The number of hydrogen-bond donors (Lipinski definition) is 1. The van der Waals surface area contributed by atoms with Gasteiger partial charge in [0, 0.05) is 35.6 Å². The number of nitrogens with one attached hydrogen (secondary N) is 1. The molecule has 1 saturated heterocycles. The van der Waals surface area contributed by atoms with Gasteiger partial charge in [0.2, 0.25) is 11.8 Å². The number of hydrogen-bond acceptors (Lipinski definition) is 3. The number of benzene rings is 1. The minimum absolute atomic E-state index is 0.0242. The van der Waals surface area contributed by atoms with Gasteiger partial charge in [0.25, 0.3) is 0 Å². The van der Waals surface area contributed by atoms with Gasteiger partial charge in [-0.05, 0) is 56.4 Å². The van der Waals surface area contributed by atoms with Crippen LogP contribution in [0.25, 0.3) is 0 Å². The fourth-order valence-electron chi connectivity index (χ4n) is 3.65. The van der Waals surface area contributed by atoms with Crippen LogP contribution in [-0.2, 0) is 14.3 Å². The van der Waals surface area contributed by atoms with Gasteiger partial charge in [-0.3, -0.25) is 9.59 Å². The summed E-state index contributed by atoms with van der Waals surface area (Å²) in [6.45, 7) is 4.57. The number of amides is 2. The van der Waals surface area contributed by atoms with Gasteiger partial charge < -0.3 is 15.0 Å². The molecule has 1 aromatic rings. The van der Waals surface area contributed by atoms with Gasteiger partial charge in [0.1, 0.15) is 0 Å². The molecule has 0 spiro atoms. The highest BCUT2D eigenvalue weighted by atomic mass is 35.5. The Morgan fingerprint density at radius 2 is 1.76 bits per heavy atom. The van der Waals surface area contributed by atoms with Crippen LogP contribution in [0.15, 0.2) is 18.2 Å². The normalized spacial score (nSPS) is 24.0. The summed E-state index contributed by atoms with van der Waals surface area (Å²) < 4.78 is 5.30. The van der Waals surface area contributed by atoms with Gasteiger partial charge in [-0.25, -0.2) is 0 Å². The summed E-state index contributed by atoms with van der Waals surface area (Å²) in [6, 6.07) is 5.46. The van der Waals surface area contributed by atoms with Crippen molar-refractivity contribution in [3.05, 3.63) is 28.8 Å². The van der Waals surface area contributed by atoms with E-state index < -0.39 is 0 Å². The predicted octanol–water partition coefficient (Wildman–Crippen LogP) is 3.25. The van der Waals surface area contributed by atoms with Gasteiger partial charge in [-0.15, -0.1) is 0 Å². The van der Waals surface area contributed by atoms with Gasteiger partial charge >= 0.3 is 0 Å². The van der Waals surface area contributed by atoms with Crippen LogP contribution in [0, 0.1) is 18.8 Å². The van der Waals surface area contributed by atoms with E-state index in [0.29, 0.717) is 31.3 Å². The highest BCUT2D eigenvalue weighted by molar-refractivity contribution is 6.30. The first-order chi connectivity index (χ1) is 12.0. The zero-order valence-electron chi connectivity index (χ0n) is 14.6. The van der Waals surface area contributed by atoms with Crippen LogP contribution in [0.1, 0.15) is 31.2 Å². The Bertz CT molecular complexity index is 636. The third-order valence-corrected chi connectivity index (χ3v) is 5.45. The number of halogens is 1. The monoisotopic (exact) mass is 364 g/mol. The number of carbonyl (C=O) groups is 2. The SMILES string of the molecule is Cc1cc(Cl)ccc1NC(=O)C1CCC(C(=O)N2CCOCC2)CC1. The molecule has 1 aromatic carbocycles. The lowest BCUT2D eigenvalue weighted by atomic mass is 9.80. The summed E-state index contributed by atoms with van der Waals surface area (Å²) in [6.07, 6.45) is 3.10. The summed E-state index contributed by atoms with van der Waals surface area (Å²) in [5, 5.41) is 3.67. The van der Waals surface area contributed by atoms with Crippen molar-refractivity contribution in [2.45, 2.75) is 32.6 Å². The molecule has 5 nitrogen and oxygen atoms in total. The minimum atomic E-state index is -0.0242. The molecule has 3 rings (SSSR count). The Morgan fingerprint density at radius 3 is 2.40 bits per heavy atom. The smallest absolute Gasteiger partial charge is 0.227 e. The Morgan fingerprint density at radius 1 is 1.12 bits per heavy atom. The maximum atomic E-state index is 12.6. The molecule has 0 atom stereocenters. The van der Waals surface area contributed by atoms with Crippen molar-refractivity contribution in [3.8, 4) is 0 Å². The first kappa shape index (κ1) is 18.2. The van der Waals surface area contributed by atoms with Crippen molar-refractivity contribution in [2.75, 3.05) is 31.6 Å². The van der Waals surface area contributed by atoms with Crippen molar-refractivity contribution in [1.29, 1.82) is 0 Å². The molecule has 1 aliphatic heterocycles. The molecule has 0 unspecified atom stereocenters. The van der Waals surface area contributed by atoms with Crippen LogP contribution in [0.5, 0.6) is 0 Å². The molecule has 1 heterocycles. The number of aryl methyl sites for hydroxylation is 1. The maximum absolute atomic E-state index is 12.6. The van der Waals surface area contributed by atoms with Crippen molar-refractivity contribution in [2.24, 2.45) is 11.8 Å². The molecule has 0 bridgehead atoms. The van der Waals surface area contributed by atoms with Crippen LogP contribution in [0.2, 0.25) is 5.02 Å². The van der Waals surface area contributed by atoms with Crippen molar-refractivity contribution >= 4 is 29.1 Å². The average molecular weight is 365 g/mol. The van der Waals surface area contributed by atoms with E-state index in [4.69, 9.17) is 16.3 Å². The van der Waals surface area contributed by atoms with Crippen LogP contribution in [0.4, 0.5) is 5.69 Å². The van der Waals surface area contributed by atoms with E-state index in [9.17, 15) is 9.59 Å². The third kappa shape index (κ3) is 4.53. The molecule has 1 aliphatic carbocycles. The summed E-state index contributed by atoms with van der Waals surface area (Å²) >= 11 is 5.96. The van der Waals surface area contributed by atoms with Crippen molar-refractivity contribution in [1.82, 2.24) is 4.90 Å². The van der Waals surface area contributed by atoms with E-state index in [1.165, 1.54) is 0 Å². The number of rotatable bonds is 3. The van der Waals surface area contributed by atoms with E-state index in [-0.39, 0.29) is 23.7 Å². The number of anilines is 1. The van der Waals surface area contributed by atoms with Crippen molar-refractivity contribution < 1.29 is 14.3 Å². The highest BCUT2D eigenvalue weighted by Gasteiger charge is 2.32. The van der Waals surface area contributed by atoms with Crippen LogP contribution in [0.3, 0.4) is 0 Å². The molecular weight excluding hydrogens is 340 g/mol. The quantitative estimate of drug-likeness (QED) is 0.895. The summed E-state index contributed by atoms with van der Waals surface area (Å²) in [4.78, 5) is 27.0. The second-order valence-corrected chi connectivity index (χ2v) is 7.37. The number of carbonyl (C=O) groups excluding carboxylic acids is 2. The second-order valence-electron chi connectivity index (χ2n) is 6.93. The van der Waals surface area contributed by atoms with Crippen LogP contribution in [-0.4, -0.2) is 43.0 Å². The Balaban J connectivity index is 1.51. The molecule has 6 heteroatoms. The van der Waals surface area contributed by atoms with Crippen LogP contribution < -0.4 is 5.32 Å². The first-order valence-corrected chi connectivity index (χ1v) is 9.36. The largest absolute Gasteiger partial charge is 0.378 e. The second kappa shape index (κ2) is 8.19. The van der Waals surface area contributed by atoms with E-state index >= 15 is 0 Å². The predicted molar refractivity (Wildman–Crippen MR) is 97.7 cm³/mol. The molecule has 2 aliphatic rings. The summed E-state index contributed by atoms with van der Waals surface area (Å²) in [5.74, 6) is 0.307. The van der Waals surface area contributed by atoms with Gasteiger partial charge in [0.05, 0.1) is 13.2 Å². The molecule has 1 saturated carbocycles. The van der Waals surface area contributed by atoms with Crippen molar-refractivity contribution in [3.63, 3.8) is 0 Å². The van der Waals surface area contributed by atoms with E-state index in [2.05, 4.69) is 5.32 Å². The summed E-state index contributed by atoms with van der Waals surface area (Å²) in [5.41, 5.74) is 1.76. The van der Waals surface area contributed by atoms with E-state index in [0.717, 1.165) is 36.9 Å². The standard InChI is InChI=1S/C19H25ClN2O3/c1-13-12-16(20)6-7-17(13)21-18(23)14-2-4-15(5-3-14)19(24)22-8-10-25-11-9-22/h6-7,12,14-15H,2-5,8-11H2,1H3,(H,21,23). The number of nitrogens with zero attached hydrogens (tertiary/aromatic N) is 1. The lowest BCUT2D eigenvalue weighted by Gasteiger charge is -2.33. The zero-order valence-corrected chi connectivity index (χ0v) is 15.3. The van der Waals surface area contributed by atoms with Gasteiger partial charge in [-0.1, -0.05) is 11.6 Å². The molecule has 136 valence electrons. The van der Waals surface area contributed by atoms with Crippen LogP contribution >= 0.6 is 11.6 Å². The lowest BCUT2D eigenvalue weighted by Crippen LogP contribution is -2.44. The number of morpholine rings is 1. The highest BCUT2D eigenvalue weighted by Crippen LogP contribution is 2.31. The fourth-order valence-corrected chi connectivity index (χ4v) is 3.87. The Hall–Kier alpha value is -1.59. The van der Waals surface area contributed by atoms with Gasteiger partial charge in [0.15, 0.2) is 0 Å². The van der Waals surface area contributed by atoms with Gasteiger partial charge in [-0.2, -0.15) is 0 Å². The van der Waals surface area contributed by atoms with E-state index in [1.54, 1.807) is 6.07 Å². The molecule has 2 fully saturated rings. The third-order valence-electron chi connectivity index (χ3n) is 5.22. The molecule has 1 N–H and O–H groups in total. The Kier molecular flexibility index (Phi) is 5.97. The number of ether oxygens (including phenoxy) is 1. The summed E-state index contributed by atoms with van der Waals surface area (Å²) in [7, 11) is 0. The average Bonchev–Trinajstić information content (AvgIpc) is 2.64. The molecule has 0 radical (unpaired) electrons. The topological polar surface area (TPSA) is 58.6 Å². The molecule has 25 heavy (non-hydrogen) atoms. The Labute approximate surface area is 153 Å². The fraction of sp³-hybridized carbons (Fsp3) is 0.579.